The Kier molecular flexibility index (Phi) is 7.25. The number of thioether (sulfide) groups is 1. The van der Waals surface area contributed by atoms with Crippen LogP contribution in [-0.4, -0.2) is 25.4 Å². The first kappa shape index (κ1) is 22.0. The zero-order valence-corrected chi connectivity index (χ0v) is 18.3. The molecule has 0 atom stereocenters. The van der Waals surface area contributed by atoms with E-state index in [-0.39, 0.29) is 16.8 Å². The maximum absolute atomic E-state index is 12.6. The molecule has 2 N–H and O–H groups in total. The van der Waals surface area contributed by atoms with E-state index in [1.165, 1.54) is 24.3 Å². The lowest BCUT2D eigenvalue weighted by molar-refractivity contribution is 0.102. The number of amides is 1. The SMILES string of the molecule is CC(C)NS(=O)(=O)c1ccc(C(=O)Nc2cccc(CSc3ccccn3)c2)cc1. The Labute approximate surface area is 181 Å². The third-order valence-electron chi connectivity index (χ3n) is 4.03. The van der Waals surface area contributed by atoms with Crippen molar-refractivity contribution in [2.24, 2.45) is 0 Å². The Hall–Kier alpha value is -2.68. The Morgan fingerprint density at radius 1 is 1.03 bits per heavy atom. The van der Waals surface area contributed by atoms with Crippen molar-refractivity contribution in [2.45, 2.75) is 35.6 Å². The van der Waals surface area contributed by atoms with E-state index in [2.05, 4.69) is 15.0 Å². The molecule has 3 aromatic rings. The van der Waals surface area contributed by atoms with E-state index >= 15 is 0 Å². The smallest absolute Gasteiger partial charge is 0.255 e. The number of aromatic nitrogens is 1. The van der Waals surface area contributed by atoms with Gasteiger partial charge in [0.2, 0.25) is 10.0 Å². The fraction of sp³-hybridized carbons (Fsp3) is 0.182. The fourth-order valence-electron chi connectivity index (χ4n) is 2.70. The largest absolute Gasteiger partial charge is 0.322 e. The minimum Gasteiger partial charge on any atom is -0.322 e. The van der Waals surface area contributed by atoms with Crippen LogP contribution in [0.3, 0.4) is 0 Å². The second-order valence-corrected chi connectivity index (χ2v) is 9.62. The summed E-state index contributed by atoms with van der Waals surface area (Å²) in [7, 11) is -3.58. The van der Waals surface area contributed by atoms with Crippen molar-refractivity contribution in [1.82, 2.24) is 9.71 Å². The summed E-state index contributed by atoms with van der Waals surface area (Å²) >= 11 is 1.62. The Balaban J connectivity index is 1.64. The highest BCUT2D eigenvalue weighted by Gasteiger charge is 2.16. The summed E-state index contributed by atoms with van der Waals surface area (Å²) in [5.41, 5.74) is 2.12. The molecule has 0 fully saturated rings. The molecule has 0 aliphatic carbocycles. The lowest BCUT2D eigenvalue weighted by atomic mass is 10.2. The minimum atomic E-state index is -3.58. The third kappa shape index (κ3) is 6.16. The van der Waals surface area contributed by atoms with Crippen LogP contribution in [0.2, 0.25) is 0 Å². The van der Waals surface area contributed by atoms with Gasteiger partial charge in [-0.2, -0.15) is 0 Å². The van der Waals surface area contributed by atoms with Gasteiger partial charge in [0.15, 0.2) is 0 Å². The van der Waals surface area contributed by atoms with E-state index in [4.69, 9.17) is 0 Å². The molecule has 8 heteroatoms. The van der Waals surface area contributed by atoms with Gasteiger partial charge < -0.3 is 5.32 Å². The number of sulfonamides is 1. The van der Waals surface area contributed by atoms with E-state index in [9.17, 15) is 13.2 Å². The molecule has 2 aromatic carbocycles. The van der Waals surface area contributed by atoms with Crippen molar-refractivity contribution in [2.75, 3.05) is 5.32 Å². The molecule has 0 saturated carbocycles. The lowest BCUT2D eigenvalue weighted by Gasteiger charge is -2.10. The molecule has 6 nitrogen and oxygen atoms in total. The van der Waals surface area contributed by atoms with Crippen molar-refractivity contribution >= 4 is 33.4 Å². The molecule has 1 aromatic heterocycles. The molecule has 0 spiro atoms. The molecule has 0 aliphatic heterocycles. The van der Waals surface area contributed by atoms with Gasteiger partial charge in [0, 0.05) is 29.2 Å². The summed E-state index contributed by atoms with van der Waals surface area (Å²) in [4.78, 5) is 17.0. The van der Waals surface area contributed by atoms with Gasteiger partial charge in [0.05, 0.1) is 9.92 Å². The highest BCUT2D eigenvalue weighted by atomic mass is 32.2. The first-order chi connectivity index (χ1) is 14.3. The number of benzene rings is 2. The predicted molar refractivity (Wildman–Crippen MR) is 120 cm³/mol. The molecule has 1 heterocycles. The summed E-state index contributed by atoms with van der Waals surface area (Å²) in [6.45, 7) is 3.50. The molecule has 30 heavy (non-hydrogen) atoms. The molecule has 0 aliphatic rings. The van der Waals surface area contributed by atoms with Gasteiger partial charge in [-0.05, 0) is 67.9 Å². The van der Waals surface area contributed by atoms with Gasteiger partial charge in [-0.15, -0.1) is 11.8 Å². The summed E-state index contributed by atoms with van der Waals surface area (Å²) in [5.74, 6) is 0.432. The molecule has 156 valence electrons. The van der Waals surface area contributed by atoms with Crippen LogP contribution in [0.4, 0.5) is 5.69 Å². The second-order valence-electron chi connectivity index (χ2n) is 6.91. The molecule has 0 unspecified atom stereocenters. The Morgan fingerprint density at radius 3 is 2.47 bits per heavy atom. The topological polar surface area (TPSA) is 88.2 Å². The summed E-state index contributed by atoms with van der Waals surface area (Å²) in [6.07, 6.45) is 1.76. The summed E-state index contributed by atoms with van der Waals surface area (Å²) in [5, 5.41) is 3.80. The molecule has 1 amide bonds. The van der Waals surface area contributed by atoms with Crippen LogP contribution in [-0.2, 0) is 15.8 Å². The maximum Gasteiger partial charge on any atom is 0.255 e. The van der Waals surface area contributed by atoms with Gasteiger partial charge in [0.25, 0.3) is 5.91 Å². The average molecular weight is 442 g/mol. The van der Waals surface area contributed by atoms with Gasteiger partial charge >= 0.3 is 0 Å². The number of hydrogen-bond acceptors (Lipinski definition) is 5. The van der Waals surface area contributed by atoms with Crippen LogP contribution in [0.5, 0.6) is 0 Å². The first-order valence-corrected chi connectivity index (χ1v) is 11.9. The summed E-state index contributed by atoms with van der Waals surface area (Å²) < 4.78 is 26.9. The van der Waals surface area contributed by atoms with Crippen LogP contribution >= 0.6 is 11.8 Å². The van der Waals surface area contributed by atoms with Crippen molar-refractivity contribution in [1.29, 1.82) is 0 Å². The van der Waals surface area contributed by atoms with Crippen molar-refractivity contribution < 1.29 is 13.2 Å². The van der Waals surface area contributed by atoms with E-state index in [0.29, 0.717) is 11.3 Å². The molecular formula is C22H23N3O3S2. The zero-order valence-electron chi connectivity index (χ0n) is 16.7. The number of rotatable bonds is 8. The standard InChI is InChI=1S/C22H23N3O3S2/c1-16(2)25-30(27,28)20-11-9-18(10-12-20)22(26)24-19-7-5-6-17(14-19)15-29-21-8-3-4-13-23-21/h3-14,16,25H,15H2,1-2H3,(H,24,26). The number of carbonyl (C=O) groups is 1. The lowest BCUT2D eigenvalue weighted by Crippen LogP contribution is -2.30. The number of pyridine rings is 1. The van der Waals surface area contributed by atoms with Gasteiger partial charge in [-0.3, -0.25) is 4.79 Å². The number of anilines is 1. The first-order valence-electron chi connectivity index (χ1n) is 9.40. The van der Waals surface area contributed by atoms with Crippen LogP contribution in [0, 0.1) is 0 Å². The quantitative estimate of drug-likeness (QED) is 0.509. The summed E-state index contributed by atoms with van der Waals surface area (Å²) in [6, 6.07) is 19.1. The number of nitrogens with one attached hydrogen (secondary N) is 2. The molecular weight excluding hydrogens is 418 g/mol. The normalized spacial score (nSPS) is 11.4. The Bertz CT molecular complexity index is 1100. The van der Waals surface area contributed by atoms with E-state index in [1.807, 2.05) is 42.5 Å². The van der Waals surface area contributed by atoms with Crippen molar-refractivity contribution in [3.63, 3.8) is 0 Å². The second kappa shape index (κ2) is 9.88. The number of carbonyl (C=O) groups excluding carboxylic acids is 1. The third-order valence-corrected chi connectivity index (χ3v) is 6.72. The molecule has 3 rings (SSSR count). The molecule has 0 radical (unpaired) electrons. The highest BCUT2D eigenvalue weighted by molar-refractivity contribution is 7.98. The maximum atomic E-state index is 12.6. The number of nitrogens with zero attached hydrogens (tertiary/aromatic N) is 1. The van der Waals surface area contributed by atoms with E-state index in [1.54, 1.807) is 31.8 Å². The minimum absolute atomic E-state index is 0.126. The number of hydrogen-bond donors (Lipinski definition) is 2. The van der Waals surface area contributed by atoms with Crippen molar-refractivity contribution in [3.05, 3.63) is 84.1 Å². The van der Waals surface area contributed by atoms with Crippen LogP contribution in [0.1, 0.15) is 29.8 Å². The van der Waals surface area contributed by atoms with Crippen molar-refractivity contribution in [3.8, 4) is 0 Å². The monoisotopic (exact) mass is 441 g/mol. The van der Waals surface area contributed by atoms with E-state index < -0.39 is 10.0 Å². The fourth-order valence-corrected chi connectivity index (χ4v) is 4.75. The van der Waals surface area contributed by atoms with Gasteiger partial charge in [-0.1, -0.05) is 18.2 Å². The van der Waals surface area contributed by atoms with Crippen LogP contribution in [0.15, 0.2) is 82.8 Å². The van der Waals surface area contributed by atoms with E-state index in [0.717, 1.165) is 16.3 Å². The predicted octanol–water partition coefficient (Wildman–Crippen LogP) is 4.31. The highest BCUT2D eigenvalue weighted by Crippen LogP contribution is 2.22. The van der Waals surface area contributed by atoms with Crippen LogP contribution < -0.4 is 10.0 Å². The van der Waals surface area contributed by atoms with Gasteiger partial charge in [-0.25, -0.2) is 18.1 Å². The Morgan fingerprint density at radius 2 is 1.80 bits per heavy atom. The van der Waals surface area contributed by atoms with Gasteiger partial charge in [0.1, 0.15) is 0 Å². The van der Waals surface area contributed by atoms with Crippen LogP contribution in [0.25, 0.3) is 0 Å². The average Bonchev–Trinajstić information content (AvgIpc) is 2.72. The zero-order chi connectivity index (χ0) is 21.6. The molecule has 0 saturated heterocycles. The molecule has 0 bridgehead atoms.